The summed E-state index contributed by atoms with van der Waals surface area (Å²) < 4.78 is 5.45. The molecule has 2 heteroatoms. The van der Waals surface area contributed by atoms with E-state index >= 15 is 0 Å². The zero-order valence-electron chi connectivity index (χ0n) is 7.35. The summed E-state index contributed by atoms with van der Waals surface area (Å²) in [5.41, 5.74) is 1.50. The Balaban J connectivity index is 1.97. The van der Waals surface area contributed by atoms with E-state index in [9.17, 15) is 0 Å². The Hall–Kier alpha value is -0.730. The first-order valence-electron chi connectivity index (χ1n) is 4.41. The van der Waals surface area contributed by atoms with Crippen LogP contribution in [-0.4, -0.2) is 17.8 Å². The largest absolute Gasteiger partial charge is 0.363 e. The van der Waals surface area contributed by atoms with Crippen LogP contribution in [0.4, 0.5) is 0 Å². The molecule has 0 aromatic heterocycles. The molecule has 0 unspecified atom stereocenters. The summed E-state index contributed by atoms with van der Waals surface area (Å²) in [4.78, 5) is 0. The van der Waals surface area contributed by atoms with Crippen molar-refractivity contribution in [1.82, 2.24) is 0 Å². The van der Waals surface area contributed by atoms with E-state index in [2.05, 4.69) is 24.3 Å². The van der Waals surface area contributed by atoms with Crippen LogP contribution in [0.15, 0.2) is 36.4 Å². The minimum absolute atomic E-state index is 0.264. The van der Waals surface area contributed by atoms with E-state index in [0.717, 1.165) is 12.4 Å². The normalized spacial score (nSPS) is 22.6. The lowest BCUT2D eigenvalue weighted by molar-refractivity contribution is 0.173. The van der Waals surface area contributed by atoms with Crippen LogP contribution in [0.25, 0.3) is 6.08 Å². The Morgan fingerprint density at radius 3 is 2.85 bits per heavy atom. The Kier molecular flexibility index (Phi) is 3.06. The smallest absolute Gasteiger partial charge is 0.121 e. The van der Waals surface area contributed by atoms with Crippen LogP contribution >= 0.6 is 11.8 Å². The van der Waals surface area contributed by atoms with Crippen LogP contribution in [0.1, 0.15) is 5.56 Å². The van der Waals surface area contributed by atoms with E-state index in [1.165, 1.54) is 5.56 Å². The van der Waals surface area contributed by atoms with Crippen molar-refractivity contribution in [2.45, 2.75) is 5.44 Å². The lowest BCUT2D eigenvalue weighted by Crippen LogP contribution is -1.94. The van der Waals surface area contributed by atoms with Gasteiger partial charge < -0.3 is 4.74 Å². The highest BCUT2D eigenvalue weighted by Crippen LogP contribution is 2.21. The predicted octanol–water partition coefficient (Wildman–Crippen LogP) is 2.79. The molecule has 0 N–H and O–H groups in total. The van der Waals surface area contributed by atoms with Gasteiger partial charge in [0.25, 0.3) is 0 Å². The molecule has 13 heavy (non-hydrogen) atoms. The van der Waals surface area contributed by atoms with Gasteiger partial charge in [0.15, 0.2) is 0 Å². The second kappa shape index (κ2) is 4.49. The maximum absolute atomic E-state index is 5.45. The molecule has 1 atom stereocenters. The fourth-order valence-electron chi connectivity index (χ4n) is 1.24. The van der Waals surface area contributed by atoms with Crippen molar-refractivity contribution >= 4 is 17.8 Å². The molecule has 0 radical (unpaired) electrons. The first kappa shape index (κ1) is 8.85. The average molecular weight is 192 g/mol. The van der Waals surface area contributed by atoms with Gasteiger partial charge in [-0.25, -0.2) is 0 Å². The van der Waals surface area contributed by atoms with Crippen LogP contribution in [-0.2, 0) is 4.74 Å². The Morgan fingerprint density at radius 1 is 1.31 bits per heavy atom. The number of thioether (sulfide) groups is 1. The molecule has 68 valence electrons. The fraction of sp³-hybridized carbons (Fsp3) is 0.273. The molecule has 1 fully saturated rings. The Bertz CT molecular complexity index is 275. The van der Waals surface area contributed by atoms with Gasteiger partial charge in [-0.1, -0.05) is 36.4 Å². The molecule has 0 spiro atoms. The van der Waals surface area contributed by atoms with E-state index in [1.54, 1.807) is 0 Å². The summed E-state index contributed by atoms with van der Waals surface area (Å²) in [5.74, 6) is 1.11. The van der Waals surface area contributed by atoms with Gasteiger partial charge in [-0.2, -0.15) is 0 Å². The highest BCUT2D eigenvalue weighted by Gasteiger charge is 2.11. The van der Waals surface area contributed by atoms with Gasteiger partial charge >= 0.3 is 0 Å². The standard InChI is InChI=1S/C11H12OS/c1-2-4-10(5-3-1)6-7-11-12-8-9-13-11/h1-7,11H,8-9H2/b7-6+/t11-/m0/s1. The Labute approximate surface area is 82.8 Å². The molecule has 0 amide bonds. The van der Waals surface area contributed by atoms with Gasteiger partial charge in [-0.05, 0) is 11.6 Å². The quantitative estimate of drug-likeness (QED) is 0.712. The third-order valence-corrected chi connectivity index (χ3v) is 2.92. The van der Waals surface area contributed by atoms with E-state index in [4.69, 9.17) is 4.74 Å². The minimum Gasteiger partial charge on any atom is -0.363 e. The van der Waals surface area contributed by atoms with Gasteiger partial charge in [0.1, 0.15) is 5.44 Å². The molecule has 1 aromatic rings. The SMILES string of the molecule is C(=C\[C@H]1OCCS1)/c1ccccc1. The van der Waals surface area contributed by atoms with Crippen molar-refractivity contribution in [2.24, 2.45) is 0 Å². The van der Waals surface area contributed by atoms with E-state index in [0.29, 0.717) is 0 Å². The van der Waals surface area contributed by atoms with Gasteiger partial charge in [-0.15, -0.1) is 11.8 Å². The van der Waals surface area contributed by atoms with Crippen LogP contribution in [0.5, 0.6) is 0 Å². The number of hydrogen-bond donors (Lipinski definition) is 0. The van der Waals surface area contributed by atoms with Crippen molar-refractivity contribution in [1.29, 1.82) is 0 Å². The van der Waals surface area contributed by atoms with Gasteiger partial charge in [0, 0.05) is 5.75 Å². The van der Waals surface area contributed by atoms with E-state index in [1.807, 2.05) is 30.0 Å². The molecule has 0 aliphatic carbocycles. The van der Waals surface area contributed by atoms with Crippen molar-refractivity contribution in [3.8, 4) is 0 Å². The van der Waals surface area contributed by atoms with E-state index < -0.39 is 0 Å². The van der Waals surface area contributed by atoms with Gasteiger partial charge in [0.2, 0.25) is 0 Å². The summed E-state index contributed by atoms with van der Waals surface area (Å²) in [7, 11) is 0. The van der Waals surface area contributed by atoms with Crippen LogP contribution in [0.2, 0.25) is 0 Å². The lowest BCUT2D eigenvalue weighted by Gasteiger charge is -2.00. The summed E-state index contributed by atoms with van der Waals surface area (Å²) in [6.45, 7) is 0.883. The highest BCUT2D eigenvalue weighted by molar-refractivity contribution is 8.00. The van der Waals surface area contributed by atoms with Crippen molar-refractivity contribution in [2.75, 3.05) is 12.4 Å². The second-order valence-electron chi connectivity index (χ2n) is 2.88. The molecule has 1 aliphatic rings. The summed E-state index contributed by atoms with van der Waals surface area (Å²) in [6, 6.07) is 10.3. The lowest BCUT2D eigenvalue weighted by atomic mass is 10.2. The topological polar surface area (TPSA) is 9.23 Å². The molecule has 1 heterocycles. The number of hydrogen-bond acceptors (Lipinski definition) is 2. The summed E-state index contributed by atoms with van der Waals surface area (Å²) >= 11 is 1.85. The second-order valence-corrected chi connectivity index (χ2v) is 4.09. The molecule has 0 saturated carbocycles. The molecule has 1 nitrogen and oxygen atoms in total. The molecular weight excluding hydrogens is 180 g/mol. The third-order valence-electron chi connectivity index (χ3n) is 1.89. The first-order chi connectivity index (χ1) is 6.45. The molecule has 1 saturated heterocycles. The maximum atomic E-state index is 5.45. The molecule has 0 bridgehead atoms. The van der Waals surface area contributed by atoms with Crippen LogP contribution in [0.3, 0.4) is 0 Å². The van der Waals surface area contributed by atoms with Crippen LogP contribution < -0.4 is 0 Å². The number of benzene rings is 1. The fourth-order valence-corrected chi connectivity index (χ4v) is 2.05. The number of ether oxygens (including phenoxy) is 1. The minimum atomic E-state index is 0.264. The highest BCUT2D eigenvalue weighted by atomic mass is 32.2. The zero-order valence-corrected chi connectivity index (χ0v) is 8.17. The van der Waals surface area contributed by atoms with Gasteiger partial charge in [-0.3, -0.25) is 0 Å². The van der Waals surface area contributed by atoms with Crippen molar-refractivity contribution in [3.05, 3.63) is 42.0 Å². The Morgan fingerprint density at radius 2 is 2.15 bits per heavy atom. The van der Waals surface area contributed by atoms with Crippen molar-refractivity contribution < 1.29 is 4.74 Å². The first-order valence-corrected chi connectivity index (χ1v) is 5.46. The van der Waals surface area contributed by atoms with Gasteiger partial charge in [0.05, 0.1) is 6.61 Å². The summed E-state index contributed by atoms with van der Waals surface area (Å²) in [5, 5.41) is 0. The van der Waals surface area contributed by atoms with Crippen LogP contribution in [0, 0.1) is 0 Å². The summed E-state index contributed by atoms with van der Waals surface area (Å²) in [6.07, 6.45) is 4.23. The third kappa shape index (κ3) is 2.61. The number of rotatable bonds is 2. The molecule has 2 rings (SSSR count). The monoisotopic (exact) mass is 192 g/mol. The zero-order chi connectivity index (χ0) is 8.93. The van der Waals surface area contributed by atoms with E-state index in [-0.39, 0.29) is 5.44 Å². The molecule has 1 aromatic carbocycles. The average Bonchev–Trinajstić information content (AvgIpc) is 2.69. The van der Waals surface area contributed by atoms with Crippen molar-refractivity contribution in [3.63, 3.8) is 0 Å². The molecular formula is C11H12OS. The predicted molar refractivity (Wildman–Crippen MR) is 57.7 cm³/mol. The molecule has 1 aliphatic heterocycles. The maximum Gasteiger partial charge on any atom is 0.121 e.